The molecule has 25 heavy (non-hydrogen) atoms. The first-order valence-corrected chi connectivity index (χ1v) is 8.50. The van der Waals surface area contributed by atoms with Gasteiger partial charge in [-0.1, -0.05) is 35.3 Å². The number of hydrogen-bond donors (Lipinski definition) is 2. The summed E-state index contributed by atoms with van der Waals surface area (Å²) in [6.07, 6.45) is 0. The molecule has 0 aromatic heterocycles. The van der Waals surface area contributed by atoms with Crippen LogP contribution in [0.1, 0.15) is 18.1 Å². The van der Waals surface area contributed by atoms with E-state index in [1.807, 2.05) is 19.1 Å². The van der Waals surface area contributed by atoms with Crippen LogP contribution in [0, 0.1) is 0 Å². The van der Waals surface area contributed by atoms with Crippen LogP contribution in [0.15, 0.2) is 36.4 Å². The smallest absolute Gasteiger partial charge is 0.317 e. The summed E-state index contributed by atoms with van der Waals surface area (Å²) in [4.78, 5) is 10.6. The van der Waals surface area contributed by atoms with Gasteiger partial charge < -0.3 is 19.9 Å². The van der Waals surface area contributed by atoms with E-state index >= 15 is 0 Å². The van der Waals surface area contributed by atoms with Crippen LogP contribution in [0.3, 0.4) is 0 Å². The Morgan fingerprint density at radius 2 is 1.84 bits per heavy atom. The van der Waals surface area contributed by atoms with E-state index in [9.17, 15) is 4.79 Å². The van der Waals surface area contributed by atoms with Gasteiger partial charge in [-0.3, -0.25) is 4.79 Å². The van der Waals surface area contributed by atoms with Gasteiger partial charge in [-0.25, -0.2) is 0 Å². The molecule has 5 nitrogen and oxygen atoms in total. The monoisotopic (exact) mass is 383 g/mol. The molecule has 2 rings (SSSR count). The Bertz CT molecular complexity index is 717. The van der Waals surface area contributed by atoms with Gasteiger partial charge in [0, 0.05) is 22.2 Å². The molecule has 0 aliphatic carbocycles. The van der Waals surface area contributed by atoms with E-state index in [1.54, 1.807) is 24.3 Å². The Balaban J connectivity index is 2.10. The zero-order valence-corrected chi connectivity index (χ0v) is 15.2. The number of halogens is 2. The van der Waals surface area contributed by atoms with Crippen LogP contribution in [0.25, 0.3) is 0 Å². The van der Waals surface area contributed by atoms with Crippen LogP contribution in [-0.2, 0) is 17.9 Å². The molecule has 2 aromatic carbocycles. The molecule has 0 amide bonds. The van der Waals surface area contributed by atoms with Crippen molar-refractivity contribution in [3.05, 3.63) is 57.6 Å². The van der Waals surface area contributed by atoms with Gasteiger partial charge in [-0.05, 0) is 36.8 Å². The van der Waals surface area contributed by atoms with Crippen molar-refractivity contribution < 1.29 is 19.4 Å². The van der Waals surface area contributed by atoms with E-state index in [4.69, 9.17) is 37.8 Å². The normalized spacial score (nSPS) is 10.5. The lowest BCUT2D eigenvalue weighted by molar-refractivity contribution is -0.135. The first-order valence-electron chi connectivity index (χ1n) is 7.75. The third-order valence-electron chi connectivity index (χ3n) is 3.35. The van der Waals surface area contributed by atoms with Crippen LogP contribution < -0.4 is 14.8 Å². The van der Waals surface area contributed by atoms with Crippen molar-refractivity contribution in [2.24, 2.45) is 0 Å². The minimum absolute atomic E-state index is 0.104. The molecule has 0 unspecified atom stereocenters. The van der Waals surface area contributed by atoms with Crippen LogP contribution in [-0.4, -0.2) is 24.2 Å². The van der Waals surface area contributed by atoms with Crippen molar-refractivity contribution in [3.8, 4) is 11.5 Å². The van der Waals surface area contributed by atoms with Crippen molar-refractivity contribution in [1.82, 2.24) is 5.32 Å². The lowest BCUT2D eigenvalue weighted by atomic mass is 10.2. The first-order chi connectivity index (χ1) is 12.0. The number of benzene rings is 2. The number of carboxylic acids is 1. The highest BCUT2D eigenvalue weighted by molar-refractivity contribution is 6.35. The molecular formula is C18H19Cl2NO4. The lowest BCUT2D eigenvalue weighted by Crippen LogP contribution is -2.21. The molecule has 0 spiro atoms. The highest BCUT2D eigenvalue weighted by Crippen LogP contribution is 2.31. The first kappa shape index (κ1) is 19.4. The van der Waals surface area contributed by atoms with Crippen molar-refractivity contribution in [1.29, 1.82) is 0 Å². The fourth-order valence-electron chi connectivity index (χ4n) is 2.18. The number of hydrogen-bond acceptors (Lipinski definition) is 4. The zero-order chi connectivity index (χ0) is 18.2. The fourth-order valence-corrected chi connectivity index (χ4v) is 2.69. The molecule has 0 atom stereocenters. The summed E-state index contributed by atoms with van der Waals surface area (Å²) < 4.78 is 11.4. The summed E-state index contributed by atoms with van der Waals surface area (Å²) in [6, 6.07) is 10.7. The number of nitrogens with one attached hydrogen (secondary N) is 1. The maximum atomic E-state index is 10.6. The summed E-state index contributed by atoms with van der Waals surface area (Å²) >= 11 is 12.3. The molecular weight excluding hydrogens is 365 g/mol. The van der Waals surface area contributed by atoms with Crippen molar-refractivity contribution >= 4 is 29.2 Å². The van der Waals surface area contributed by atoms with Gasteiger partial charge in [0.1, 0.15) is 6.61 Å². The Morgan fingerprint density at radius 1 is 1.12 bits per heavy atom. The lowest BCUT2D eigenvalue weighted by Gasteiger charge is -2.15. The maximum Gasteiger partial charge on any atom is 0.317 e. The highest BCUT2D eigenvalue weighted by Gasteiger charge is 2.10. The van der Waals surface area contributed by atoms with E-state index < -0.39 is 5.97 Å². The topological polar surface area (TPSA) is 67.8 Å². The van der Waals surface area contributed by atoms with E-state index in [-0.39, 0.29) is 13.2 Å². The second kappa shape index (κ2) is 9.51. The molecule has 134 valence electrons. The second-order valence-corrected chi connectivity index (χ2v) is 6.01. The van der Waals surface area contributed by atoms with E-state index in [1.165, 1.54) is 0 Å². The largest absolute Gasteiger partial charge is 0.490 e. The molecule has 0 bridgehead atoms. The summed E-state index contributed by atoms with van der Waals surface area (Å²) in [7, 11) is 0. The standard InChI is InChI=1S/C18H19Cl2NO4/c1-2-24-17-8-12(9-21-10-18(22)23)6-7-16(17)25-11-13-14(19)4-3-5-15(13)20/h3-8,21H,2,9-11H2,1H3,(H,22,23). The van der Waals surface area contributed by atoms with Crippen molar-refractivity contribution in [3.63, 3.8) is 0 Å². The maximum absolute atomic E-state index is 10.6. The minimum Gasteiger partial charge on any atom is -0.490 e. The van der Waals surface area contributed by atoms with Crippen molar-refractivity contribution in [2.45, 2.75) is 20.1 Å². The zero-order valence-electron chi connectivity index (χ0n) is 13.7. The second-order valence-electron chi connectivity index (χ2n) is 5.20. The number of rotatable bonds is 9. The molecule has 0 saturated heterocycles. The van der Waals surface area contributed by atoms with Gasteiger partial charge in [0.25, 0.3) is 0 Å². The predicted octanol–water partition coefficient (Wildman–Crippen LogP) is 4.15. The number of aliphatic carboxylic acids is 1. The summed E-state index contributed by atoms with van der Waals surface area (Å²) in [5.74, 6) is 0.252. The minimum atomic E-state index is -0.901. The van der Waals surface area contributed by atoms with Crippen LogP contribution >= 0.6 is 23.2 Å². The molecule has 0 aliphatic rings. The van der Waals surface area contributed by atoms with Crippen LogP contribution in [0.4, 0.5) is 0 Å². The van der Waals surface area contributed by atoms with Gasteiger partial charge in [0.05, 0.1) is 13.2 Å². The van der Waals surface area contributed by atoms with E-state index in [0.29, 0.717) is 40.3 Å². The van der Waals surface area contributed by atoms with Gasteiger partial charge in [0.2, 0.25) is 0 Å². The van der Waals surface area contributed by atoms with Gasteiger partial charge in [0.15, 0.2) is 11.5 Å². The number of ether oxygens (including phenoxy) is 2. The Hall–Kier alpha value is -1.95. The Labute approximate surface area is 156 Å². The fraction of sp³-hybridized carbons (Fsp3) is 0.278. The molecule has 0 fully saturated rings. The summed E-state index contributed by atoms with van der Waals surface area (Å²) in [6.45, 7) is 2.89. The SMILES string of the molecule is CCOc1cc(CNCC(=O)O)ccc1OCc1c(Cl)cccc1Cl. The third kappa shape index (κ3) is 5.81. The average Bonchev–Trinajstić information content (AvgIpc) is 2.56. The average molecular weight is 384 g/mol. The predicted molar refractivity (Wildman–Crippen MR) is 97.7 cm³/mol. The molecule has 2 N–H and O–H groups in total. The summed E-state index contributed by atoms with van der Waals surface area (Å²) in [5.41, 5.74) is 1.60. The van der Waals surface area contributed by atoms with E-state index in [0.717, 1.165) is 5.56 Å². The number of carboxylic acid groups (broad SMARTS) is 1. The molecule has 0 saturated carbocycles. The van der Waals surface area contributed by atoms with Gasteiger partial charge in [-0.2, -0.15) is 0 Å². The molecule has 0 heterocycles. The molecule has 7 heteroatoms. The highest BCUT2D eigenvalue weighted by atomic mass is 35.5. The van der Waals surface area contributed by atoms with E-state index in [2.05, 4.69) is 5.32 Å². The Morgan fingerprint density at radius 3 is 2.48 bits per heavy atom. The van der Waals surface area contributed by atoms with Gasteiger partial charge >= 0.3 is 5.97 Å². The van der Waals surface area contributed by atoms with Crippen LogP contribution in [0.5, 0.6) is 11.5 Å². The van der Waals surface area contributed by atoms with Crippen molar-refractivity contribution in [2.75, 3.05) is 13.2 Å². The molecule has 0 aliphatic heterocycles. The molecule has 0 radical (unpaired) electrons. The summed E-state index contributed by atoms with van der Waals surface area (Å²) in [5, 5.41) is 12.6. The van der Waals surface area contributed by atoms with Crippen LogP contribution in [0.2, 0.25) is 10.0 Å². The molecule has 2 aromatic rings. The quantitative estimate of drug-likeness (QED) is 0.680. The number of carbonyl (C=O) groups is 1. The Kier molecular flexibility index (Phi) is 7.37. The van der Waals surface area contributed by atoms with Gasteiger partial charge in [-0.15, -0.1) is 0 Å². The third-order valence-corrected chi connectivity index (χ3v) is 4.06.